The number of aromatic nitrogens is 2. The van der Waals surface area contributed by atoms with Crippen molar-refractivity contribution < 1.29 is 22.9 Å². The van der Waals surface area contributed by atoms with Gasteiger partial charge in [0.15, 0.2) is 0 Å². The average Bonchev–Trinajstić information content (AvgIpc) is 2.73. The highest BCUT2D eigenvalue weighted by Crippen LogP contribution is 2.29. The Kier molecular flexibility index (Phi) is 5.19. The van der Waals surface area contributed by atoms with E-state index in [2.05, 4.69) is 9.97 Å². The number of para-hydroxylation sites is 2. The second kappa shape index (κ2) is 7.79. The van der Waals surface area contributed by atoms with Crippen LogP contribution in [0.25, 0.3) is 11.0 Å². The summed E-state index contributed by atoms with van der Waals surface area (Å²) in [4.78, 5) is 24.3. The lowest BCUT2D eigenvalue weighted by molar-refractivity contribution is -0.917. The molecule has 29 heavy (non-hydrogen) atoms. The fourth-order valence-electron chi connectivity index (χ4n) is 3.57. The molecule has 0 bridgehead atoms. The third-order valence-electron chi connectivity index (χ3n) is 5.13. The van der Waals surface area contributed by atoms with Crippen molar-refractivity contribution in [2.45, 2.75) is 12.7 Å². The summed E-state index contributed by atoms with van der Waals surface area (Å²) >= 11 is 0. The zero-order chi connectivity index (χ0) is 20.4. The molecule has 1 aromatic heterocycles. The Morgan fingerprint density at radius 2 is 1.76 bits per heavy atom. The topological polar surface area (TPSA) is 50.5 Å². The van der Waals surface area contributed by atoms with E-state index < -0.39 is 11.7 Å². The van der Waals surface area contributed by atoms with Crippen LogP contribution in [0.5, 0.6) is 0 Å². The lowest BCUT2D eigenvalue weighted by Crippen LogP contribution is -3.13. The highest BCUT2D eigenvalue weighted by molar-refractivity contribution is 5.93. The normalized spacial score (nSPS) is 15.6. The van der Waals surface area contributed by atoms with Gasteiger partial charge in [-0.05, 0) is 24.3 Å². The number of nitrogens with zero attached hydrogens (tertiary/aromatic N) is 3. The number of benzene rings is 2. The monoisotopic (exact) mass is 401 g/mol. The number of fused-ring (bicyclic) bond motifs is 1. The van der Waals surface area contributed by atoms with Gasteiger partial charge in [0, 0.05) is 5.56 Å². The number of carbonyl (C=O) groups is 1. The summed E-state index contributed by atoms with van der Waals surface area (Å²) < 4.78 is 38.6. The molecule has 0 saturated carbocycles. The molecule has 5 nitrogen and oxygen atoms in total. The number of piperazine rings is 1. The molecule has 1 N–H and O–H groups in total. The standard InChI is InChI=1S/C21H19F3N4O/c22-21(23,24)16-5-3-4-15(12-16)14-27-8-10-28(11-9-27)20(29)19-13-25-17-6-1-2-7-18(17)26-19/h1-7,12-13H,8-11,14H2/p+1. The Labute approximate surface area is 165 Å². The zero-order valence-electron chi connectivity index (χ0n) is 15.6. The molecule has 1 aliphatic heterocycles. The first-order valence-corrected chi connectivity index (χ1v) is 9.41. The maximum Gasteiger partial charge on any atom is 0.416 e. The smallest absolute Gasteiger partial charge is 0.328 e. The maximum atomic E-state index is 12.9. The number of hydrogen-bond acceptors (Lipinski definition) is 3. The molecule has 0 aliphatic carbocycles. The largest absolute Gasteiger partial charge is 0.416 e. The molecule has 1 saturated heterocycles. The van der Waals surface area contributed by atoms with Gasteiger partial charge in [0.25, 0.3) is 5.91 Å². The lowest BCUT2D eigenvalue weighted by Gasteiger charge is -2.32. The number of hydrogen-bond donors (Lipinski definition) is 1. The second-order valence-corrected chi connectivity index (χ2v) is 7.16. The third-order valence-corrected chi connectivity index (χ3v) is 5.13. The Hall–Kier alpha value is -3.00. The molecular formula is C21H20F3N4O+. The average molecular weight is 401 g/mol. The van der Waals surface area contributed by atoms with Crippen LogP contribution in [-0.2, 0) is 12.7 Å². The zero-order valence-corrected chi connectivity index (χ0v) is 15.6. The number of quaternary nitrogens is 1. The molecule has 8 heteroatoms. The van der Waals surface area contributed by atoms with E-state index in [9.17, 15) is 18.0 Å². The Morgan fingerprint density at radius 3 is 2.48 bits per heavy atom. The van der Waals surface area contributed by atoms with Gasteiger partial charge in [-0.25, -0.2) is 4.98 Å². The first-order chi connectivity index (χ1) is 13.9. The summed E-state index contributed by atoms with van der Waals surface area (Å²) in [6, 6.07) is 12.8. The maximum absolute atomic E-state index is 12.9. The molecule has 1 fully saturated rings. The minimum absolute atomic E-state index is 0.165. The minimum Gasteiger partial charge on any atom is -0.328 e. The first kappa shape index (κ1) is 19.3. The molecule has 0 atom stereocenters. The van der Waals surface area contributed by atoms with Gasteiger partial charge in [0.2, 0.25) is 0 Å². The third kappa shape index (κ3) is 4.37. The van der Waals surface area contributed by atoms with Crippen molar-refractivity contribution in [3.8, 4) is 0 Å². The van der Waals surface area contributed by atoms with E-state index in [4.69, 9.17) is 0 Å². The minimum atomic E-state index is -4.34. The van der Waals surface area contributed by atoms with Gasteiger partial charge in [-0.1, -0.05) is 24.3 Å². The van der Waals surface area contributed by atoms with Crippen LogP contribution >= 0.6 is 0 Å². The van der Waals surface area contributed by atoms with Gasteiger partial charge >= 0.3 is 6.18 Å². The Morgan fingerprint density at radius 1 is 1.03 bits per heavy atom. The molecule has 2 heterocycles. The van der Waals surface area contributed by atoms with Crippen LogP contribution in [0.1, 0.15) is 21.6 Å². The predicted molar refractivity (Wildman–Crippen MR) is 101 cm³/mol. The van der Waals surface area contributed by atoms with Crippen molar-refractivity contribution in [1.82, 2.24) is 14.9 Å². The van der Waals surface area contributed by atoms with Gasteiger partial charge in [-0.15, -0.1) is 0 Å². The van der Waals surface area contributed by atoms with Gasteiger partial charge < -0.3 is 9.80 Å². The number of carbonyl (C=O) groups excluding carboxylic acids is 1. The summed E-state index contributed by atoms with van der Waals surface area (Å²) in [5.74, 6) is -0.165. The molecule has 1 aliphatic rings. The summed E-state index contributed by atoms with van der Waals surface area (Å²) in [5.41, 5.74) is 1.74. The van der Waals surface area contributed by atoms with E-state index in [1.807, 2.05) is 24.3 Å². The summed E-state index contributed by atoms with van der Waals surface area (Å²) in [5, 5.41) is 0. The van der Waals surface area contributed by atoms with Crippen LogP contribution in [0.2, 0.25) is 0 Å². The van der Waals surface area contributed by atoms with Crippen LogP contribution in [0.4, 0.5) is 13.2 Å². The number of halogens is 3. The SMILES string of the molecule is O=C(c1cnc2ccccc2n1)N1CC[NH+](Cc2cccc(C(F)(F)F)c2)CC1. The highest BCUT2D eigenvalue weighted by Gasteiger charge is 2.31. The fourth-order valence-corrected chi connectivity index (χ4v) is 3.57. The van der Waals surface area contributed by atoms with Crippen LogP contribution in [0, 0.1) is 0 Å². The first-order valence-electron chi connectivity index (χ1n) is 9.41. The summed E-state index contributed by atoms with van der Waals surface area (Å²) in [7, 11) is 0. The molecule has 150 valence electrons. The number of amides is 1. The summed E-state index contributed by atoms with van der Waals surface area (Å²) in [6.45, 7) is 2.90. The molecular weight excluding hydrogens is 381 g/mol. The molecule has 0 radical (unpaired) electrons. The van der Waals surface area contributed by atoms with E-state index in [1.54, 1.807) is 11.0 Å². The van der Waals surface area contributed by atoms with Crippen molar-refractivity contribution in [1.29, 1.82) is 0 Å². The number of alkyl halides is 3. The molecule has 2 aromatic carbocycles. The summed E-state index contributed by atoms with van der Waals surface area (Å²) in [6.07, 6.45) is -2.84. The lowest BCUT2D eigenvalue weighted by atomic mass is 10.1. The molecule has 4 rings (SSSR count). The number of rotatable bonds is 3. The van der Waals surface area contributed by atoms with Gasteiger partial charge in [0.05, 0.1) is 49.0 Å². The quantitative estimate of drug-likeness (QED) is 0.732. The van der Waals surface area contributed by atoms with Gasteiger partial charge in [-0.3, -0.25) is 9.78 Å². The van der Waals surface area contributed by atoms with Crippen LogP contribution in [-0.4, -0.2) is 47.0 Å². The predicted octanol–water partition coefficient (Wildman–Crippen LogP) is 2.19. The molecule has 0 unspecified atom stereocenters. The van der Waals surface area contributed by atoms with Crippen molar-refractivity contribution >= 4 is 16.9 Å². The molecule has 3 aromatic rings. The van der Waals surface area contributed by atoms with Gasteiger partial charge in [0.1, 0.15) is 12.2 Å². The van der Waals surface area contributed by atoms with E-state index >= 15 is 0 Å². The van der Waals surface area contributed by atoms with E-state index in [1.165, 1.54) is 18.3 Å². The van der Waals surface area contributed by atoms with E-state index in [0.717, 1.165) is 16.5 Å². The van der Waals surface area contributed by atoms with Crippen molar-refractivity contribution in [3.63, 3.8) is 0 Å². The van der Waals surface area contributed by atoms with Crippen LogP contribution in [0.3, 0.4) is 0 Å². The van der Waals surface area contributed by atoms with Crippen molar-refractivity contribution in [3.05, 3.63) is 71.5 Å². The second-order valence-electron chi connectivity index (χ2n) is 7.16. The van der Waals surface area contributed by atoms with Gasteiger partial charge in [-0.2, -0.15) is 13.2 Å². The van der Waals surface area contributed by atoms with Crippen LogP contribution in [0.15, 0.2) is 54.7 Å². The van der Waals surface area contributed by atoms with Crippen molar-refractivity contribution in [2.24, 2.45) is 0 Å². The molecule has 1 amide bonds. The number of nitrogens with one attached hydrogen (secondary N) is 1. The van der Waals surface area contributed by atoms with Crippen LogP contribution < -0.4 is 4.90 Å². The Bertz CT molecular complexity index is 1030. The molecule has 0 spiro atoms. The fraction of sp³-hybridized carbons (Fsp3) is 0.286. The van der Waals surface area contributed by atoms with E-state index in [-0.39, 0.29) is 5.91 Å². The van der Waals surface area contributed by atoms with Crippen molar-refractivity contribution in [2.75, 3.05) is 26.2 Å². The Balaban J connectivity index is 1.38. The highest BCUT2D eigenvalue weighted by atomic mass is 19.4. The van der Waals surface area contributed by atoms with E-state index in [0.29, 0.717) is 49.5 Å².